The molecule has 0 amide bonds. The van der Waals surface area contributed by atoms with Crippen molar-refractivity contribution in [3.05, 3.63) is 24.4 Å². The Hall–Kier alpha value is -0.720. The van der Waals surface area contributed by atoms with Crippen molar-refractivity contribution < 1.29 is 0 Å². The topological polar surface area (TPSA) is 3.24 Å². The monoisotopic (exact) mass is 181 g/mol. The normalized spacial score (nSPS) is 12.8. The van der Waals surface area contributed by atoms with Crippen molar-refractivity contribution in [2.24, 2.45) is 5.92 Å². The summed E-state index contributed by atoms with van der Waals surface area (Å²) in [6.07, 6.45) is 1.04. The number of hydrogen-bond donors (Lipinski definition) is 0. The molecule has 76 valence electrons. The molecular formula is C12H23N. The van der Waals surface area contributed by atoms with E-state index < -0.39 is 0 Å². The predicted octanol–water partition coefficient (Wildman–Crippen LogP) is 3.44. The van der Waals surface area contributed by atoms with Gasteiger partial charge in [-0.1, -0.05) is 26.0 Å². The van der Waals surface area contributed by atoms with Crippen molar-refractivity contribution in [3.63, 3.8) is 0 Å². The molecule has 0 aromatic carbocycles. The molecule has 0 aliphatic heterocycles. The van der Waals surface area contributed by atoms with Crippen LogP contribution in [-0.4, -0.2) is 18.0 Å². The van der Waals surface area contributed by atoms with E-state index in [0.29, 0.717) is 12.0 Å². The van der Waals surface area contributed by atoms with E-state index in [1.54, 1.807) is 0 Å². The average molecular weight is 181 g/mol. The smallest absolute Gasteiger partial charge is 0.0292 e. The highest BCUT2D eigenvalue weighted by Crippen LogP contribution is 2.17. The van der Waals surface area contributed by atoms with Gasteiger partial charge in [-0.3, -0.25) is 0 Å². The Kier molecular flexibility index (Phi) is 4.82. The summed E-state index contributed by atoms with van der Waals surface area (Å²) in [7, 11) is 2.11. The van der Waals surface area contributed by atoms with Gasteiger partial charge in [-0.2, -0.15) is 0 Å². The van der Waals surface area contributed by atoms with E-state index >= 15 is 0 Å². The van der Waals surface area contributed by atoms with Crippen LogP contribution in [0.4, 0.5) is 0 Å². The van der Waals surface area contributed by atoms with Gasteiger partial charge in [0, 0.05) is 18.8 Å². The van der Waals surface area contributed by atoms with Crippen LogP contribution in [0, 0.1) is 5.92 Å². The zero-order chi connectivity index (χ0) is 10.6. The molecule has 0 N–H and O–H groups in total. The second-order valence-electron chi connectivity index (χ2n) is 4.27. The minimum Gasteiger partial charge on any atom is -0.375 e. The Morgan fingerprint density at radius 1 is 1.23 bits per heavy atom. The number of nitrogens with zero attached hydrogens (tertiary/aromatic N) is 1. The van der Waals surface area contributed by atoms with E-state index in [-0.39, 0.29) is 0 Å². The molecule has 0 aromatic rings. The highest BCUT2D eigenvalue weighted by Gasteiger charge is 2.12. The first kappa shape index (κ1) is 12.3. The maximum atomic E-state index is 4.08. The Bertz CT molecular complexity index is 191. The van der Waals surface area contributed by atoms with Crippen LogP contribution in [0.1, 0.15) is 34.1 Å². The largest absolute Gasteiger partial charge is 0.375 e. The second kappa shape index (κ2) is 5.11. The van der Waals surface area contributed by atoms with E-state index in [9.17, 15) is 0 Å². The summed E-state index contributed by atoms with van der Waals surface area (Å²) >= 11 is 0. The van der Waals surface area contributed by atoms with Gasteiger partial charge in [-0.15, -0.1) is 6.58 Å². The fraction of sp³-hybridized carbons (Fsp3) is 0.667. The maximum absolute atomic E-state index is 4.08. The number of allylic oxidation sites excluding steroid dienone is 1. The van der Waals surface area contributed by atoms with Crippen molar-refractivity contribution in [1.29, 1.82) is 0 Å². The molecule has 0 fully saturated rings. The summed E-state index contributed by atoms with van der Waals surface area (Å²) in [5.41, 5.74) is 2.43. The van der Waals surface area contributed by atoms with Crippen molar-refractivity contribution in [2.75, 3.05) is 7.05 Å². The highest BCUT2D eigenvalue weighted by atomic mass is 15.1. The molecular weight excluding hydrogens is 158 g/mol. The van der Waals surface area contributed by atoms with Crippen molar-refractivity contribution in [1.82, 2.24) is 4.90 Å². The molecule has 0 heterocycles. The Balaban J connectivity index is 4.17. The van der Waals surface area contributed by atoms with Crippen molar-refractivity contribution in [3.8, 4) is 0 Å². The third kappa shape index (κ3) is 4.16. The second-order valence-corrected chi connectivity index (χ2v) is 4.27. The summed E-state index contributed by atoms with van der Waals surface area (Å²) < 4.78 is 0. The Morgan fingerprint density at radius 3 is 2.00 bits per heavy atom. The van der Waals surface area contributed by atoms with Crippen LogP contribution >= 0.6 is 0 Å². The van der Waals surface area contributed by atoms with E-state index in [2.05, 4.69) is 52.8 Å². The average Bonchev–Trinajstić information content (AvgIpc) is 2.00. The van der Waals surface area contributed by atoms with E-state index in [4.69, 9.17) is 0 Å². The summed E-state index contributed by atoms with van der Waals surface area (Å²) in [4.78, 5) is 2.25. The maximum Gasteiger partial charge on any atom is 0.0292 e. The van der Waals surface area contributed by atoms with Gasteiger partial charge < -0.3 is 4.90 Å². The Labute approximate surface area is 83.1 Å². The minimum absolute atomic E-state index is 0.507. The highest BCUT2D eigenvalue weighted by molar-refractivity contribution is 5.01. The predicted molar refractivity (Wildman–Crippen MR) is 60.6 cm³/mol. The standard InChI is InChI=1S/C12H23N/c1-9(2)8-11(5)13(7)12(6)10(3)4/h10-11H,1,6,8H2,2-5,7H3. The van der Waals surface area contributed by atoms with Gasteiger partial charge >= 0.3 is 0 Å². The zero-order valence-electron chi connectivity index (χ0n) is 9.72. The molecule has 0 rings (SSSR count). The molecule has 1 unspecified atom stereocenters. The van der Waals surface area contributed by atoms with Crippen LogP contribution in [0.2, 0.25) is 0 Å². The van der Waals surface area contributed by atoms with Crippen molar-refractivity contribution in [2.45, 2.75) is 40.2 Å². The molecule has 0 aliphatic rings. The third-order valence-electron chi connectivity index (χ3n) is 2.42. The molecule has 0 radical (unpaired) electrons. The lowest BCUT2D eigenvalue weighted by molar-refractivity contribution is 0.294. The molecule has 0 saturated carbocycles. The van der Waals surface area contributed by atoms with Crippen LogP contribution in [0.15, 0.2) is 24.4 Å². The van der Waals surface area contributed by atoms with Gasteiger partial charge in [0.2, 0.25) is 0 Å². The molecule has 0 aromatic heterocycles. The van der Waals surface area contributed by atoms with E-state index in [1.165, 1.54) is 11.3 Å². The molecule has 1 heteroatoms. The van der Waals surface area contributed by atoms with Gasteiger partial charge in [0.15, 0.2) is 0 Å². The van der Waals surface area contributed by atoms with Crippen molar-refractivity contribution >= 4 is 0 Å². The summed E-state index contributed by atoms with van der Waals surface area (Å²) in [5.74, 6) is 0.526. The van der Waals surface area contributed by atoms with E-state index in [1.807, 2.05) is 0 Å². The number of rotatable bonds is 5. The van der Waals surface area contributed by atoms with Crippen LogP contribution in [0.3, 0.4) is 0 Å². The molecule has 1 atom stereocenters. The lowest BCUT2D eigenvalue weighted by Gasteiger charge is -2.31. The summed E-state index contributed by atoms with van der Waals surface area (Å²) in [6, 6.07) is 0.507. The minimum atomic E-state index is 0.507. The van der Waals surface area contributed by atoms with Crippen LogP contribution in [0.25, 0.3) is 0 Å². The number of hydrogen-bond acceptors (Lipinski definition) is 1. The Morgan fingerprint density at radius 2 is 1.69 bits per heavy atom. The van der Waals surface area contributed by atoms with Gasteiger partial charge in [-0.25, -0.2) is 0 Å². The van der Waals surface area contributed by atoms with Crippen LogP contribution in [-0.2, 0) is 0 Å². The fourth-order valence-electron chi connectivity index (χ4n) is 1.33. The molecule has 13 heavy (non-hydrogen) atoms. The first-order chi connectivity index (χ1) is 5.86. The molecule has 0 spiro atoms. The lowest BCUT2D eigenvalue weighted by atomic mass is 10.1. The molecule has 1 nitrogen and oxygen atoms in total. The van der Waals surface area contributed by atoms with E-state index in [0.717, 1.165) is 6.42 Å². The quantitative estimate of drug-likeness (QED) is 0.587. The molecule has 0 saturated heterocycles. The van der Waals surface area contributed by atoms with Crippen LogP contribution in [0.5, 0.6) is 0 Å². The van der Waals surface area contributed by atoms with Gasteiger partial charge in [0.05, 0.1) is 0 Å². The van der Waals surface area contributed by atoms with Gasteiger partial charge in [0.25, 0.3) is 0 Å². The molecule has 0 aliphatic carbocycles. The summed E-state index contributed by atoms with van der Waals surface area (Å²) in [6.45, 7) is 16.6. The molecule has 0 bridgehead atoms. The fourth-order valence-corrected chi connectivity index (χ4v) is 1.33. The first-order valence-electron chi connectivity index (χ1n) is 4.92. The van der Waals surface area contributed by atoms with Gasteiger partial charge in [0.1, 0.15) is 0 Å². The SMILES string of the molecule is C=C(C)CC(C)N(C)C(=C)C(C)C. The third-order valence-corrected chi connectivity index (χ3v) is 2.42. The van der Waals surface area contributed by atoms with Crippen LogP contribution < -0.4 is 0 Å². The summed E-state index contributed by atoms with van der Waals surface area (Å²) in [5, 5.41) is 0. The lowest BCUT2D eigenvalue weighted by Crippen LogP contribution is -2.30. The first-order valence-corrected chi connectivity index (χ1v) is 4.92. The zero-order valence-corrected chi connectivity index (χ0v) is 9.72. The van der Waals surface area contributed by atoms with Gasteiger partial charge in [-0.05, 0) is 26.2 Å².